The van der Waals surface area contributed by atoms with Crippen LogP contribution in [0.5, 0.6) is 5.75 Å². The Labute approximate surface area is 512 Å². The number of anilines is 1. The van der Waals surface area contributed by atoms with Gasteiger partial charge in [-0.05, 0) is 114 Å². The number of nitrogens with two attached hydrogens (primary N) is 1. The van der Waals surface area contributed by atoms with E-state index in [0.29, 0.717) is 55.0 Å². The van der Waals surface area contributed by atoms with E-state index < -0.39 is 55.6 Å². The van der Waals surface area contributed by atoms with Crippen molar-refractivity contribution >= 4 is 83.9 Å². The van der Waals surface area contributed by atoms with Crippen LogP contribution >= 0.6 is 0 Å². The highest BCUT2D eigenvalue weighted by Crippen LogP contribution is 2.48. The number of benzene rings is 3. The Morgan fingerprint density at radius 3 is 2.23 bits per heavy atom. The first-order valence-corrected chi connectivity index (χ1v) is 32.6. The second-order valence-electron chi connectivity index (χ2n) is 22.8. The molecule has 7 N–H and O–H groups in total. The van der Waals surface area contributed by atoms with Crippen LogP contribution in [0.15, 0.2) is 106 Å². The molecule has 3 unspecified atom stereocenters. The fourth-order valence-corrected chi connectivity index (χ4v) is 12.7. The van der Waals surface area contributed by atoms with Gasteiger partial charge in [-0.1, -0.05) is 62.4 Å². The molecule has 0 radical (unpaired) electrons. The largest absolute Gasteiger partial charge is 0.456 e. The monoisotopic (exact) mass is 1240 g/mol. The van der Waals surface area contributed by atoms with E-state index in [0.717, 1.165) is 60.0 Å². The molecule has 3 atom stereocenters. The van der Waals surface area contributed by atoms with Gasteiger partial charge >= 0.3 is 6.03 Å². The zero-order valence-electron chi connectivity index (χ0n) is 51.8. The molecule has 3 aliphatic heterocycles. The first-order valence-electron chi connectivity index (χ1n) is 29.6. The topological polar surface area (TPSA) is 298 Å². The maximum absolute atomic E-state index is 13.7. The molecule has 24 heteroatoms. The Morgan fingerprint density at radius 1 is 0.828 bits per heavy atom. The standard InChI is InChI=1S/C63H86N10O12S2/c1-11-73-52-40-54-48(39-47(52)43(4)41-62(73,5)6)45(37-53(85-54)44-21-13-12-14-22-44)23-17-25-55-63(7,49-38-46(87(81,82)84-10)28-29-51(49)72(55)35-20-36-86(79,80)83-9)30-18-27-56(74)66-33-34-67-59(76)50(24-19-31-68-61(64)78)70-60(77)58(42(2)3)71-57(75)26-15-16-32-69-65-8/h12-14,17,21-23,25,28-29,37-42,50,58H,11,15-16,18-20,24,26-27,30-36H2,1-10H3,(H6-,64,66,67,68,70,71,74,75,76,77,78)/p+1. The van der Waals surface area contributed by atoms with Gasteiger partial charge in [-0.2, -0.15) is 31.6 Å². The van der Waals surface area contributed by atoms with E-state index in [1.165, 1.54) is 6.07 Å². The van der Waals surface area contributed by atoms with E-state index >= 15 is 0 Å². The van der Waals surface area contributed by atoms with Crippen molar-refractivity contribution in [3.63, 3.8) is 0 Å². The number of nitrogens with one attached hydrogen (secondary N) is 5. The van der Waals surface area contributed by atoms with Crippen LogP contribution in [0.1, 0.15) is 129 Å². The van der Waals surface area contributed by atoms with Crippen LogP contribution in [0, 0.1) is 5.92 Å². The Kier molecular flexibility index (Phi) is 24.3. The lowest BCUT2D eigenvalue weighted by atomic mass is 9.75. The predicted molar refractivity (Wildman–Crippen MR) is 337 cm³/mol. The Bertz CT molecular complexity index is 3430. The molecule has 87 heavy (non-hydrogen) atoms. The zero-order chi connectivity index (χ0) is 63.7. The minimum absolute atomic E-state index is 0.000976. The maximum Gasteiger partial charge on any atom is 0.312 e. The fourth-order valence-electron chi connectivity index (χ4n) is 11.4. The molecular formula is C63H87N10O12S2+. The highest BCUT2D eigenvalue weighted by molar-refractivity contribution is 7.87. The van der Waals surface area contributed by atoms with Crippen LogP contribution in [0.2, 0.25) is 0 Å². The first-order chi connectivity index (χ1) is 41.3. The number of ether oxygens (including phenoxy) is 1. The third-order valence-corrected chi connectivity index (χ3v) is 18.4. The number of unbranched alkanes of at least 4 members (excludes halogenated alkanes) is 1. The summed E-state index contributed by atoms with van der Waals surface area (Å²) in [6.45, 7) is 15.8. The van der Waals surface area contributed by atoms with Crippen LogP contribution in [-0.2, 0) is 53.2 Å². The minimum Gasteiger partial charge on any atom is -0.456 e. The van der Waals surface area contributed by atoms with Gasteiger partial charge in [0.05, 0.1) is 42.4 Å². The number of nitrogens with zero attached hydrogens (tertiary/aromatic N) is 4. The van der Waals surface area contributed by atoms with Gasteiger partial charge in [-0.15, -0.1) is 0 Å². The number of carbonyl (C=O) groups is 5. The van der Waals surface area contributed by atoms with Crippen LogP contribution in [0.4, 0.5) is 16.2 Å². The number of azo groups is 1. The molecule has 0 saturated carbocycles. The summed E-state index contributed by atoms with van der Waals surface area (Å²) in [5.41, 5.74) is 12.0. The number of likely N-dealkylation sites (N-methyl/N-ethyl adjacent to an activating group) is 1. The highest BCUT2D eigenvalue weighted by Gasteiger charge is 2.48. The molecule has 0 saturated heterocycles. The van der Waals surface area contributed by atoms with Crippen molar-refractivity contribution in [2.75, 3.05) is 71.2 Å². The van der Waals surface area contributed by atoms with E-state index in [4.69, 9.17) is 18.8 Å². The summed E-state index contributed by atoms with van der Waals surface area (Å²) in [5, 5.41) is 21.3. The first kappa shape index (κ1) is 68.6. The van der Waals surface area contributed by atoms with Gasteiger partial charge in [0.2, 0.25) is 29.3 Å². The minimum atomic E-state index is -4.18. The smallest absolute Gasteiger partial charge is 0.312 e. The van der Waals surface area contributed by atoms with Gasteiger partial charge < -0.3 is 42.0 Å². The van der Waals surface area contributed by atoms with Crippen molar-refractivity contribution in [2.45, 2.75) is 134 Å². The van der Waals surface area contributed by atoms with E-state index in [1.807, 2.05) is 66.1 Å². The number of allylic oxidation sites excluding steroid dienone is 6. The molecule has 6 rings (SSSR count). The van der Waals surface area contributed by atoms with Crippen LogP contribution < -0.4 is 42.0 Å². The lowest BCUT2D eigenvalue weighted by Crippen LogP contribution is -2.55. The number of hydrogen-bond donors (Lipinski definition) is 6. The molecular weight excluding hydrogens is 1150 g/mol. The molecule has 3 heterocycles. The van der Waals surface area contributed by atoms with Gasteiger partial charge in [0.1, 0.15) is 30.1 Å². The summed E-state index contributed by atoms with van der Waals surface area (Å²) in [6, 6.07) is 16.1. The molecule has 472 valence electrons. The van der Waals surface area contributed by atoms with Crippen LogP contribution in [0.25, 0.3) is 16.9 Å². The van der Waals surface area contributed by atoms with Gasteiger partial charge in [0, 0.05) is 98.6 Å². The summed E-state index contributed by atoms with van der Waals surface area (Å²) < 4.78 is 70.5. The lowest BCUT2D eigenvalue weighted by Gasteiger charge is -2.43. The van der Waals surface area contributed by atoms with E-state index in [9.17, 15) is 40.8 Å². The lowest BCUT2D eigenvalue weighted by molar-refractivity contribution is -0.437. The third kappa shape index (κ3) is 18.0. The van der Waals surface area contributed by atoms with Gasteiger partial charge in [0.15, 0.2) is 5.71 Å². The second-order valence-corrected chi connectivity index (χ2v) is 26.4. The molecule has 3 aromatic rings. The number of urea groups is 1. The molecule has 0 spiro atoms. The van der Waals surface area contributed by atoms with Gasteiger partial charge in [-0.25, -0.2) is 4.79 Å². The zero-order valence-corrected chi connectivity index (χ0v) is 53.4. The quantitative estimate of drug-likeness (QED) is 0.0152. The van der Waals surface area contributed by atoms with Crippen molar-refractivity contribution in [3.8, 4) is 5.75 Å². The number of amides is 6. The Balaban J connectivity index is 1.25. The molecule has 3 aliphatic rings. The molecule has 0 fully saturated rings. The Hall–Kier alpha value is -7.54. The van der Waals surface area contributed by atoms with E-state index in [-0.39, 0.29) is 92.2 Å². The molecule has 0 aliphatic carbocycles. The predicted octanol–water partition coefficient (Wildman–Crippen LogP) is 7.57. The summed E-state index contributed by atoms with van der Waals surface area (Å²) in [6.07, 6.45) is 12.8. The van der Waals surface area contributed by atoms with Crippen LogP contribution in [-0.4, -0.2) is 141 Å². The fraction of sp³-hybridized carbons (Fsp3) is 0.492. The molecule has 0 bridgehead atoms. The van der Waals surface area contributed by atoms with Gasteiger partial charge in [-0.3, -0.25) is 27.5 Å². The second kappa shape index (κ2) is 30.9. The molecule has 22 nitrogen and oxygen atoms in total. The van der Waals surface area contributed by atoms with E-state index in [2.05, 4.69) is 87.6 Å². The number of rotatable bonds is 32. The average molecular weight is 1240 g/mol. The normalized spacial score (nSPS) is 17.5. The average Bonchev–Trinajstić information content (AvgIpc) is 1.74. The van der Waals surface area contributed by atoms with E-state index in [1.54, 1.807) is 33.0 Å². The highest BCUT2D eigenvalue weighted by atomic mass is 32.2. The molecule has 0 aromatic heterocycles. The number of primary amides is 1. The summed E-state index contributed by atoms with van der Waals surface area (Å²) in [5.74, 6) is -0.996. The summed E-state index contributed by atoms with van der Waals surface area (Å²) in [4.78, 5) is 67.5. The maximum atomic E-state index is 13.7. The SMILES string of the molecule is CCN1c2cc3c(cc2C(C)=CC1(C)C)/C(=C/C=C/C1=[N+](CCCS(=O)(=O)OC)c2ccc(S(=O)(=O)OC)cc2C1(C)CCCC(=O)NCCNC(=O)C(CCCNC(N)=O)NC(=O)C(NC(=O)CCCCN=NC)C(C)C)C=C(c1ccccc1)O3. The van der Waals surface area contributed by atoms with Crippen molar-refractivity contribution < 1.29 is 58.5 Å². The van der Waals surface area contributed by atoms with Crippen LogP contribution in [0.3, 0.4) is 0 Å². The van der Waals surface area contributed by atoms with Crippen molar-refractivity contribution in [1.82, 2.24) is 26.6 Å². The summed E-state index contributed by atoms with van der Waals surface area (Å²) >= 11 is 0. The molecule has 3 aromatic carbocycles. The number of fused-ring (bicyclic) bond motifs is 3. The number of hydrogen-bond acceptors (Lipinski definition) is 15. The Morgan fingerprint density at radius 2 is 1.55 bits per heavy atom. The summed E-state index contributed by atoms with van der Waals surface area (Å²) in [7, 11) is -4.25. The molecule has 6 amide bonds. The number of carbonyl (C=O) groups excluding carboxylic acids is 5. The van der Waals surface area contributed by atoms with Crippen molar-refractivity contribution in [1.29, 1.82) is 0 Å². The van der Waals surface area contributed by atoms with Gasteiger partial charge in [0.25, 0.3) is 20.2 Å². The third-order valence-electron chi connectivity index (χ3n) is 15.8. The van der Waals surface area contributed by atoms with Crippen molar-refractivity contribution in [2.24, 2.45) is 21.9 Å². The van der Waals surface area contributed by atoms with Crippen molar-refractivity contribution in [3.05, 3.63) is 113 Å².